The maximum atomic E-state index is 9.24. The Morgan fingerprint density at radius 3 is 1.13 bits per heavy atom. The van der Waals surface area contributed by atoms with Crippen molar-refractivity contribution in [2.45, 2.75) is 12.8 Å². The molecule has 334 valence electrons. The molecule has 2 aliphatic rings. The zero-order valence-corrected chi connectivity index (χ0v) is 40.6. The van der Waals surface area contributed by atoms with E-state index in [0.717, 1.165) is 93.1 Å². The van der Waals surface area contributed by atoms with E-state index in [-0.39, 0.29) is 0 Å². The van der Waals surface area contributed by atoms with Crippen LogP contribution in [0.2, 0.25) is 0 Å². The molecule has 0 radical (unpaired) electrons. The highest BCUT2D eigenvalue weighted by atomic mass is 79.9. The van der Waals surface area contributed by atoms with Gasteiger partial charge in [0.1, 0.15) is 33.5 Å². The van der Waals surface area contributed by atoms with Gasteiger partial charge in [0, 0.05) is 57.9 Å². The average molecular weight is 1030 g/mol. The summed E-state index contributed by atoms with van der Waals surface area (Å²) in [7, 11) is -1.51. The van der Waals surface area contributed by atoms with Crippen LogP contribution in [0.5, 0.6) is 0 Å². The fraction of sp³-hybridized carbons (Fsp3) is 0.0323. The number of fused-ring (bicyclic) bond motifs is 15. The lowest BCUT2D eigenvalue weighted by Gasteiger charge is -2.09. The van der Waals surface area contributed by atoms with Crippen molar-refractivity contribution in [3.63, 3.8) is 0 Å². The number of rotatable bonds is 3. The molecule has 70 heavy (non-hydrogen) atoms. The molecule has 2 N–H and O–H groups in total. The number of hydrogen-bond donors (Lipinski definition) is 2. The summed E-state index contributed by atoms with van der Waals surface area (Å²) in [5.74, 6) is 0. The predicted molar refractivity (Wildman–Crippen MR) is 294 cm³/mol. The molecule has 0 spiro atoms. The Labute approximate surface area is 419 Å². The van der Waals surface area contributed by atoms with Gasteiger partial charge in [0.2, 0.25) is 0 Å². The first-order valence-electron chi connectivity index (χ1n) is 23.2. The van der Waals surface area contributed by atoms with Crippen molar-refractivity contribution in [1.82, 2.24) is 0 Å². The summed E-state index contributed by atoms with van der Waals surface area (Å²) < 4.78 is 20.6. The molecule has 15 rings (SSSR count). The largest absolute Gasteiger partial charge is 0.492 e. The molecule has 0 bridgehead atoms. The third-order valence-corrected chi connectivity index (χ3v) is 14.8. The lowest BCUT2D eigenvalue weighted by atomic mass is 9.79. The van der Waals surface area contributed by atoms with Gasteiger partial charge in [-0.15, -0.1) is 0 Å². The minimum atomic E-state index is -1.51. The molecule has 0 saturated carbocycles. The van der Waals surface area contributed by atoms with Gasteiger partial charge in [-0.25, -0.2) is 0 Å². The summed E-state index contributed by atoms with van der Waals surface area (Å²) in [4.78, 5) is 0. The lowest BCUT2D eigenvalue weighted by molar-refractivity contribution is 0.425. The molecule has 0 atom stereocenters. The summed E-state index contributed by atoms with van der Waals surface area (Å²) in [6.45, 7) is 0. The van der Waals surface area contributed by atoms with Crippen LogP contribution in [0, 0.1) is 0 Å². The number of para-hydroxylation sites is 6. The molecule has 10 aromatic carbocycles. The van der Waals surface area contributed by atoms with E-state index in [4.69, 9.17) is 13.3 Å². The van der Waals surface area contributed by atoms with E-state index < -0.39 is 7.12 Å². The van der Waals surface area contributed by atoms with E-state index >= 15 is 0 Å². The van der Waals surface area contributed by atoms with Crippen molar-refractivity contribution in [2.75, 3.05) is 0 Å². The van der Waals surface area contributed by atoms with Crippen LogP contribution in [0.3, 0.4) is 0 Å². The van der Waals surface area contributed by atoms with E-state index in [2.05, 4.69) is 165 Å². The van der Waals surface area contributed by atoms with Crippen molar-refractivity contribution in [3.05, 3.63) is 231 Å². The van der Waals surface area contributed by atoms with Crippen molar-refractivity contribution in [3.8, 4) is 44.5 Å². The minimum absolute atomic E-state index is 0.397. The Morgan fingerprint density at radius 2 is 0.686 bits per heavy atom. The highest BCUT2D eigenvalue weighted by Crippen LogP contribution is 2.45. The molecule has 0 unspecified atom stereocenters. The zero-order chi connectivity index (χ0) is 47.0. The normalized spacial score (nSPS) is 12.2. The third-order valence-electron chi connectivity index (χ3n) is 13.8. The van der Waals surface area contributed by atoms with Crippen molar-refractivity contribution < 1.29 is 23.3 Å². The molecule has 3 heterocycles. The number of halogens is 2. The van der Waals surface area contributed by atoms with Crippen LogP contribution in [-0.2, 0) is 12.8 Å². The summed E-state index contributed by atoms with van der Waals surface area (Å²) in [5, 5.41) is 25.0. The smallest absolute Gasteiger partial charge is 0.456 e. The summed E-state index contributed by atoms with van der Waals surface area (Å²) in [5.41, 5.74) is 20.9. The summed E-state index contributed by atoms with van der Waals surface area (Å²) >= 11 is 7.05. The molecule has 0 fully saturated rings. The summed E-state index contributed by atoms with van der Waals surface area (Å²) in [6, 6.07) is 69.2. The maximum Gasteiger partial charge on any atom is 0.492 e. The van der Waals surface area contributed by atoms with Crippen molar-refractivity contribution in [1.29, 1.82) is 0 Å². The molecule has 5 nitrogen and oxygen atoms in total. The van der Waals surface area contributed by atoms with Gasteiger partial charge in [0.25, 0.3) is 0 Å². The van der Waals surface area contributed by atoms with Crippen LogP contribution < -0.4 is 5.46 Å². The van der Waals surface area contributed by atoms with Gasteiger partial charge in [-0.1, -0.05) is 177 Å². The summed E-state index contributed by atoms with van der Waals surface area (Å²) in [6.07, 6.45) is 2.01. The van der Waals surface area contributed by atoms with Gasteiger partial charge in [-0.3, -0.25) is 0 Å². The monoisotopic (exact) mass is 1030 g/mol. The van der Waals surface area contributed by atoms with E-state index in [1.807, 2.05) is 54.6 Å². The highest BCUT2D eigenvalue weighted by molar-refractivity contribution is 9.10. The Bertz CT molecular complexity index is 4010. The van der Waals surface area contributed by atoms with Gasteiger partial charge in [0.15, 0.2) is 0 Å². The predicted octanol–water partition coefficient (Wildman–Crippen LogP) is 16.4. The first-order chi connectivity index (χ1) is 34.3. The second-order valence-electron chi connectivity index (χ2n) is 18.0. The van der Waals surface area contributed by atoms with E-state index in [0.29, 0.717) is 11.0 Å². The maximum absolute atomic E-state index is 9.24. The van der Waals surface area contributed by atoms with Gasteiger partial charge in [-0.05, 0) is 123 Å². The van der Waals surface area contributed by atoms with E-state index in [1.165, 1.54) is 55.6 Å². The van der Waals surface area contributed by atoms with Crippen LogP contribution in [0.15, 0.2) is 222 Å². The molecule has 0 amide bonds. The second kappa shape index (κ2) is 17.2. The molecular weight excluding hydrogens is 995 g/mol. The first-order valence-corrected chi connectivity index (χ1v) is 24.8. The zero-order valence-electron chi connectivity index (χ0n) is 37.4. The second-order valence-corrected chi connectivity index (χ2v) is 19.8. The molecule has 13 aromatic rings. The third kappa shape index (κ3) is 7.29. The van der Waals surface area contributed by atoms with Crippen LogP contribution in [-0.4, -0.2) is 17.2 Å². The molecule has 3 aromatic heterocycles. The number of furan rings is 3. The molecule has 2 aliphatic carbocycles. The van der Waals surface area contributed by atoms with Crippen molar-refractivity contribution in [2.24, 2.45) is 0 Å². The van der Waals surface area contributed by atoms with Crippen LogP contribution in [0.4, 0.5) is 0 Å². The number of benzene rings is 10. The Morgan fingerprint density at radius 1 is 0.329 bits per heavy atom. The molecule has 8 heteroatoms. The van der Waals surface area contributed by atoms with E-state index in [9.17, 15) is 10.0 Å². The Kier molecular flexibility index (Phi) is 10.5. The Hall–Kier alpha value is -7.46. The molecule has 0 aliphatic heterocycles. The average Bonchev–Trinajstić information content (AvgIpc) is 4.22. The fourth-order valence-electron chi connectivity index (χ4n) is 10.5. The standard InChI is InChI=1S/C37H22O2.C13H8Br2.C12H9BO3/c1-3-13-34-28(7-1)30-11-5-9-26(36(30)38-34)24-17-15-22-19-23-16-18-25(21-33(23)32(22)20-24)27-10-6-12-31-29-8-2-4-14-35(29)39-37(27)31;14-10-3-1-8-5-9-2-4-11(15)7-13(9)12(8)6-10;14-13(15)10-6-3-5-9-8-4-1-2-7-11(8)16-12(9)10/h1-18,20-21H,19H2;1-4,6-7H,5H2;1-7,14-15H. The van der Waals surface area contributed by atoms with Crippen LogP contribution >= 0.6 is 31.9 Å². The van der Waals surface area contributed by atoms with Gasteiger partial charge < -0.3 is 23.3 Å². The number of hydrogen-bond acceptors (Lipinski definition) is 5. The minimum Gasteiger partial charge on any atom is -0.456 e. The fourth-order valence-corrected chi connectivity index (χ4v) is 11.3. The highest BCUT2D eigenvalue weighted by Gasteiger charge is 2.23. The van der Waals surface area contributed by atoms with E-state index in [1.54, 1.807) is 12.1 Å². The van der Waals surface area contributed by atoms with Crippen LogP contribution in [0.1, 0.15) is 22.3 Å². The SMILES string of the molecule is Brc1ccc2c(c1)-c1cc(Br)ccc1C2.OB(O)c1cccc2c1oc1ccccc12.c1ccc2c(c1)oc1c(-c3ccc4c(c3)-c3cc(-c5cccc6c5oc5ccccc56)ccc3C4)cccc12. The van der Waals surface area contributed by atoms with Gasteiger partial charge in [-0.2, -0.15) is 0 Å². The first kappa shape index (κ1) is 42.6. The quantitative estimate of drug-likeness (QED) is 0.172. The molecular formula is C62H39BBr2O5. The Balaban J connectivity index is 0.000000126. The van der Waals surface area contributed by atoms with Gasteiger partial charge >= 0.3 is 7.12 Å². The molecule has 0 saturated heterocycles. The van der Waals surface area contributed by atoms with Crippen LogP contribution in [0.25, 0.3) is 110 Å². The van der Waals surface area contributed by atoms with Crippen molar-refractivity contribution >= 4 is 110 Å². The topological polar surface area (TPSA) is 79.9 Å². The lowest BCUT2D eigenvalue weighted by Crippen LogP contribution is -2.29. The van der Waals surface area contributed by atoms with Gasteiger partial charge in [0.05, 0.1) is 0 Å².